The molecule has 1 N–H and O–H groups in total. The lowest BCUT2D eigenvalue weighted by molar-refractivity contribution is -0.140. The number of aliphatic hydroxyl groups excluding tert-OH is 1. The molecule has 1 atom stereocenters. The van der Waals surface area contributed by atoms with Gasteiger partial charge in [0.15, 0.2) is 0 Å². The van der Waals surface area contributed by atoms with E-state index in [1.54, 1.807) is 60.7 Å². The average molecular weight is 462 g/mol. The van der Waals surface area contributed by atoms with E-state index >= 15 is 0 Å². The summed E-state index contributed by atoms with van der Waals surface area (Å²) >= 11 is 0. The lowest BCUT2D eigenvalue weighted by Gasteiger charge is -2.24. The number of amides is 1. The molecule has 0 aliphatic carbocycles. The van der Waals surface area contributed by atoms with E-state index in [0.29, 0.717) is 41.6 Å². The van der Waals surface area contributed by atoms with Crippen molar-refractivity contribution in [1.29, 1.82) is 0 Å². The van der Waals surface area contributed by atoms with Gasteiger partial charge in [-0.15, -0.1) is 0 Å². The Morgan fingerprint density at radius 3 is 2.47 bits per heavy atom. The first-order valence-corrected chi connectivity index (χ1v) is 11.3. The molecule has 0 saturated carbocycles. The van der Waals surface area contributed by atoms with Crippen LogP contribution in [0.15, 0.2) is 76.9 Å². The summed E-state index contributed by atoms with van der Waals surface area (Å²) in [6, 6.07) is 16.7. The summed E-state index contributed by atoms with van der Waals surface area (Å²) in [6.45, 7) is 5.04. The van der Waals surface area contributed by atoms with Crippen molar-refractivity contribution in [2.75, 3.05) is 13.2 Å². The highest BCUT2D eigenvalue weighted by Crippen LogP contribution is 2.41. The first-order valence-electron chi connectivity index (χ1n) is 11.3. The summed E-state index contributed by atoms with van der Waals surface area (Å²) < 4.78 is 16.6. The highest BCUT2D eigenvalue weighted by Gasteiger charge is 2.46. The maximum absolute atomic E-state index is 13.2. The topological polar surface area (TPSA) is 89.2 Å². The normalized spacial score (nSPS) is 17.2. The fourth-order valence-corrected chi connectivity index (χ4v) is 3.98. The Balaban J connectivity index is 1.79. The Morgan fingerprint density at radius 1 is 1.00 bits per heavy atom. The maximum Gasteiger partial charge on any atom is 0.296 e. The Bertz CT molecular complexity index is 1180. The fourth-order valence-electron chi connectivity index (χ4n) is 3.98. The van der Waals surface area contributed by atoms with E-state index < -0.39 is 17.7 Å². The molecule has 1 aliphatic rings. The SMILES string of the molecule is CCCOc1cccc(/C(O)=C2/C(=O)C(=O)N(Cc3ccco3)C2c2ccc(OCC)cc2)c1. The van der Waals surface area contributed by atoms with Crippen LogP contribution in [0.25, 0.3) is 5.76 Å². The van der Waals surface area contributed by atoms with Crippen LogP contribution < -0.4 is 9.47 Å². The van der Waals surface area contributed by atoms with Gasteiger partial charge in [-0.25, -0.2) is 0 Å². The number of ether oxygens (including phenoxy) is 2. The standard InChI is InChI=1S/C27H27NO6/c1-3-14-33-21-8-5-7-19(16-21)25(29)23-24(18-10-12-20(13-11-18)32-4-2)28(27(31)26(23)30)17-22-9-6-15-34-22/h5-13,15-16,24,29H,3-4,14,17H2,1-2H3/b25-23-. The van der Waals surface area contributed by atoms with E-state index in [2.05, 4.69) is 0 Å². The van der Waals surface area contributed by atoms with Gasteiger partial charge in [0.2, 0.25) is 0 Å². The van der Waals surface area contributed by atoms with Gasteiger partial charge in [-0.3, -0.25) is 9.59 Å². The molecule has 1 aromatic heterocycles. The van der Waals surface area contributed by atoms with Crippen LogP contribution in [-0.4, -0.2) is 34.9 Å². The third-order valence-electron chi connectivity index (χ3n) is 5.53. The van der Waals surface area contributed by atoms with Crippen molar-refractivity contribution in [3.8, 4) is 11.5 Å². The van der Waals surface area contributed by atoms with Crippen LogP contribution >= 0.6 is 0 Å². The van der Waals surface area contributed by atoms with Gasteiger partial charge >= 0.3 is 0 Å². The van der Waals surface area contributed by atoms with Gasteiger partial charge < -0.3 is 23.9 Å². The molecule has 176 valence electrons. The Hall–Kier alpha value is -4.00. The van der Waals surface area contributed by atoms with Crippen molar-refractivity contribution >= 4 is 17.4 Å². The second-order valence-corrected chi connectivity index (χ2v) is 7.88. The molecule has 0 radical (unpaired) electrons. The molecule has 7 nitrogen and oxygen atoms in total. The molecule has 34 heavy (non-hydrogen) atoms. The first kappa shape index (κ1) is 23.2. The minimum atomic E-state index is -0.791. The zero-order chi connectivity index (χ0) is 24.1. The van der Waals surface area contributed by atoms with E-state index in [1.807, 2.05) is 13.8 Å². The summed E-state index contributed by atoms with van der Waals surface area (Å²) in [7, 11) is 0. The molecular weight excluding hydrogens is 434 g/mol. The number of ketones is 1. The molecule has 0 spiro atoms. The summed E-state index contributed by atoms with van der Waals surface area (Å²) in [5.74, 6) is 0.0929. The van der Waals surface area contributed by atoms with Gasteiger partial charge in [-0.2, -0.15) is 0 Å². The van der Waals surface area contributed by atoms with Crippen molar-refractivity contribution in [3.05, 3.63) is 89.4 Å². The molecule has 1 saturated heterocycles. The zero-order valence-corrected chi connectivity index (χ0v) is 19.2. The molecule has 1 fully saturated rings. The summed E-state index contributed by atoms with van der Waals surface area (Å²) in [4.78, 5) is 27.7. The molecule has 0 bridgehead atoms. The largest absolute Gasteiger partial charge is 0.507 e. The third kappa shape index (κ3) is 4.69. The molecule has 2 aromatic carbocycles. The van der Waals surface area contributed by atoms with Crippen molar-refractivity contribution < 1.29 is 28.6 Å². The van der Waals surface area contributed by atoms with Crippen molar-refractivity contribution in [3.63, 3.8) is 0 Å². The summed E-state index contributed by atoms with van der Waals surface area (Å²) in [6.07, 6.45) is 2.35. The lowest BCUT2D eigenvalue weighted by atomic mass is 9.95. The molecular formula is C27H27NO6. The smallest absolute Gasteiger partial charge is 0.296 e. The van der Waals surface area contributed by atoms with Crippen LogP contribution in [0.3, 0.4) is 0 Å². The number of carbonyl (C=O) groups excluding carboxylic acids is 2. The van der Waals surface area contributed by atoms with Gasteiger partial charge in [0.25, 0.3) is 11.7 Å². The number of rotatable bonds is 9. The molecule has 1 unspecified atom stereocenters. The van der Waals surface area contributed by atoms with E-state index in [4.69, 9.17) is 13.9 Å². The van der Waals surface area contributed by atoms with Crippen LogP contribution in [-0.2, 0) is 16.1 Å². The van der Waals surface area contributed by atoms with Crippen molar-refractivity contribution in [2.24, 2.45) is 0 Å². The Labute approximate surface area is 198 Å². The number of carbonyl (C=O) groups is 2. The monoisotopic (exact) mass is 461 g/mol. The average Bonchev–Trinajstić information content (AvgIpc) is 3.46. The van der Waals surface area contributed by atoms with Gasteiger partial charge in [0.05, 0.1) is 37.6 Å². The van der Waals surface area contributed by atoms with Crippen molar-refractivity contribution in [1.82, 2.24) is 4.90 Å². The van der Waals surface area contributed by atoms with E-state index in [1.165, 1.54) is 11.2 Å². The van der Waals surface area contributed by atoms with Gasteiger partial charge in [0, 0.05) is 5.56 Å². The van der Waals surface area contributed by atoms with Crippen molar-refractivity contribution in [2.45, 2.75) is 32.9 Å². The molecule has 1 amide bonds. The number of hydrogen-bond acceptors (Lipinski definition) is 6. The quantitative estimate of drug-likeness (QED) is 0.271. The number of hydrogen-bond donors (Lipinski definition) is 1. The molecule has 3 aromatic rings. The number of Topliss-reactive ketones (excluding diaryl/α,β-unsaturated/α-hetero) is 1. The summed E-state index contributed by atoms with van der Waals surface area (Å²) in [5.41, 5.74) is 1.10. The zero-order valence-electron chi connectivity index (χ0n) is 19.2. The molecule has 1 aliphatic heterocycles. The van der Waals surface area contributed by atoms with Gasteiger partial charge in [-0.05, 0) is 55.3 Å². The van der Waals surface area contributed by atoms with Crippen LogP contribution in [0.2, 0.25) is 0 Å². The highest BCUT2D eigenvalue weighted by atomic mass is 16.5. The molecule has 7 heteroatoms. The van der Waals surface area contributed by atoms with Gasteiger partial charge in [0.1, 0.15) is 23.0 Å². The van der Waals surface area contributed by atoms with Crippen LogP contribution in [0.5, 0.6) is 11.5 Å². The summed E-state index contributed by atoms with van der Waals surface area (Å²) in [5, 5.41) is 11.2. The second-order valence-electron chi connectivity index (χ2n) is 7.88. The molecule has 2 heterocycles. The predicted molar refractivity (Wildman–Crippen MR) is 126 cm³/mol. The number of nitrogens with zero attached hydrogens (tertiary/aromatic N) is 1. The Morgan fingerprint density at radius 2 is 1.79 bits per heavy atom. The fraction of sp³-hybridized carbons (Fsp3) is 0.259. The van der Waals surface area contributed by atoms with Gasteiger partial charge in [-0.1, -0.05) is 31.2 Å². The molecule has 4 rings (SSSR count). The third-order valence-corrected chi connectivity index (χ3v) is 5.53. The number of furan rings is 1. The van der Waals surface area contributed by atoms with E-state index in [0.717, 1.165) is 6.42 Å². The predicted octanol–water partition coefficient (Wildman–Crippen LogP) is 5.09. The number of likely N-dealkylation sites (tertiary alicyclic amines) is 1. The van der Waals surface area contributed by atoms with E-state index in [-0.39, 0.29) is 17.9 Å². The second kappa shape index (κ2) is 10.3. The Kier molecular flexibility index (Phi) is 7.01. The van der Waals surface area contributed by atoms with Crippen LogP contribution in [0, 0.1) is 0 Å². The lowest BCUT2D eigenvalue weighted by Crippen LogP contribution is -2.29. The minimum absolute atomic E-state index is 0.0216. The van der Waals surface area contributed by atoms with E-state index in [9.17, 15) is 14.7 Å². The number of aliphatic hydroxyl groups is 1. The minimum Gasteiger partial charge on any atom is -0.507 e. The first-order chi connectivity index (χ1) is 16.5. The number of benzene rings is 2. The maximum atomic E-state index is 13.2. The highest BCUT2D eigenvalue weighted by molar-refractivity contribution is 6.46. The van der Waals surface area contributed by atoms with Crippen LogP contribution in [0.1, 0.15) is 43.2 Å². The van der Waals surface area contributed by atoms with Crippen LogP contribution in [0.4, 0.5) is 0 Å².